The number of hydrogen-bond donors (Lipinski definition) is 1. The summed E-state index contributed by atoms with van der Waals surface area (Å²) in [7, 11) is 0. The molecular weight excluding hydrogens is 424 g/mol. The summed E-state index contributed by atoms with van der Waals surface area (Å²) in [5.74, 6) is -0.0568. The van der Waals surface area contributed by atoms with E-state index in [1.54, 1.807) is 35.3 Å². The molecule has 0 atom stereocenters. The van der Waals surface area contributed by atoms with E-state index in [1.807, 2.05) is 30.3 Å². The van der Waals surface area contributed by atoms with Crippen molar-refractivity contribution < 1.29 is 28.6 Å². The van der Waals surface area contributed by atoms with Gasteiger partial charge in [-0.25, -0.2) is 0 Å². The molecule has 0 bridgehead atoms. The maximum atomic E-state index is 12.4. The Kier molecular flexibility index (Phi) is 7.24. The fourth-order valence-corrected chi connectivity index (χ4v) is 3.75. The maximum Gasteiger partial charge on any atom is 0.309 e. The van der Waals surface area contributed by atoms with Gasteiger partial charge in [-0.3, -0.25) is 14.4 Å². The number of fused-ring (bicyclic) bond motifs is 1. The number of rotatable bonds is 6. The summed E-state index contributed by atoms with van der Waals surface area (Å²) in [5.41, 5.74) is 1.49. The van der Waals surface area contributed by atoms with E-state index in [4.69, 9.17) is 14.2 Å². The summed E-state index contributed by atoms with van der Waals surface area (Å²) >= 11 is 0. The van der Waals surface area contributed by atoms with Gasteiger partial charge in [0.1, 0.15) is 13.2 Å². The summed E-state index contributed by atoms with van der Waals surface area (Å²) in [6.45, 7) is 1.52. The first-order chi connectivity index (χ1) is 16.1. The molecule has 2 aromatic carbocycles. The Labute approximate surface area is 192 Å². The van der Waals surface area contributed by atoms with Gasteiger partial charge in [0, 0.05) is 30.9 Å². The lowest BCUT2D eigenvalue weighted by atomic mass is 9.97. The molecule has 2 aliphatic rings. The minimum atomic E-state index is -0.432. The molecular formula is C25H26N2O6. The van der Waals surface area contributed by atoms with Gasteiger partial charge in [0.2, 0.25) is 5.91 Å². The third kappa shape index (κ3) is 6.12. The molecule has 2 amide bonds. The molecule has 8 nitrogen and oxygen atoms in total. The number of anilines is 1. The molecule has 0 aromatic heterocycles. The average Bonchev–Trinajstić information content (AvgIpc) is 2.86. The highest BCUT2D eigenvalue weighted by atomic mass is 16.6. The van der Waals surface area contributed by atoms with Crippen LogP contribution in [0.4, 0.5) is 5.69 Å². The van der Waals surface area contributed by atoms with E-state index in [2.05, 4.69) is 5.32 Å². The number of ether oxygens (including phenoxy) is 3. The number of piperidine rings is 1. The predicted molar refractivity (Wildman–Crippen MR) is 122 cm³/mol. The fraction of sp³-hybridized carbons (Fsp3) is 0.320. The predicted octanol–water partition coefficient (Wildman–Crippen LogP) is 2.89. The Morgan fingerprint density at radius 3 is 2.48 bits per heavy atom. The summed E-state index contributed by atoms with van der Waals surface area (Å²) in [6.07, 6.45) is 4.35. The summed E-state index contributed by atoms with van der Waals surface area (Å²) in [5, 5.41) is 2.69. The Morgan fingerprint density at radius 1 is 1.00 bits per heavy atom. The number of nitrogens with zero attached hydrogens (tertiary/aromatic N) is 1. The molecule has 2 aromatic rings. The van der Waals surface area contributed by atoms with Crippen LogP contribution in [-0.2, 0) is 19.1 Å². The number of carbonyl (C=O) groups excluding carboxylic acids is 3. The molecule has 8 heteroatoms. The SMILES string of the molecule is O=C(COC(=O)C1CCN(C(=O)/C=C/c2ccccc2)CC1)Nc1ccc2c(c1)OCCO2. The number of amides is 2. The summed E-state index contributed by atoms with van der Waals surface area (Å²) < 4.78 is 16.1. The van der Waals surface area contributed by atoms with Crippen molar-refractivity contribution in [3.63, 3.8) is 0 Å². The van der Waals surface area contributed by atoms with E-state index < -0.39 is 11.9 Å². The van der Waals surface area contributed by atoms with Gasteiger partial charge in [0.15, 0.2) is 18.1 Å². The third-order valence-corrected chi connectivity index (χ3v) is 5.53. The zero-order valence-electron chi connectivity index (χ0n) is 18.2. The van der Waals surface area contributed by atoms with Gasteiger partial charge in [-0.05, 0) is 36.6 Å². The summed E-state index contributed by atoms with van der Waals surface area (Å²) in [6, 6.07) is 14.7. The van der Waals surface area contributed by atoms with E-state index in [1.165, 1.54) is 0 Å². The molecule has 0 spiro atoms. The minimum absolute atomic E-state index is 0.0792. The van der Waals surface area contributed by atoms with Gasteiger partial charge in [-0.15, -0.1) is 0 Å². The van der Waals surface area contributed by atoms with Crippen molar-refractivity contribution in [1.82, 2.24) is 4.90 Å². The molecule has 1 N–H and O–H groups in total. The zero-order chi connectivity index (χ0) is 23.0. The van der Waals surface area contributed by atoms with Crippen molar-refractivity contribution in [3.8, 4) is 11.5 Å². The second-order valence-corrected chi connectivity index (χ2v) is 7.86. The smallest absolute Gasteiger partial charge is 0.309 e. The number of likely N-dealkylation sites (tertiary alicyclic amines) is 1. The van der Waals surface area contributed by atoms with Crippen molar-refractivity contribution >= 4 is 29.5 Å². The highest BCUT2D eigenvalue weighted by Gasteiger charge is 2.28. The lowest BCUT2D eigenvalue weighted by Crippen LogP contribution is -2.40. The van der Waals surface area contributed by atoms with E-state index in [0.29, 0.717) is 56.3 Å². The third-order valence-electron chi connectivity index (χ3n) is 5.53. The maximum absolute atomic E-state index is 12.4. The highest BCUT2D eigenvalue weighted by molar-refractivity contribution is 5.93. The van der Waals surface area contributed by atoms with Crippen LogP contribution in [0.25, 0.3) is 6.08 Å². The second-order valence-electron chi connectivity index (χ2n) is 7.86. The average molecular weight is 450 g/mol. The van der Waals surface area contributed by atoms with Crippen molar-refractivity contribution in [2.45, 2.75) is 12.8 Å². The molecule has 0 saturated carbocycles. The summed E-state index contributed by atoms with van der Waals surface area (Å²) in [4.78, 5) is 38.7. The first kappa shape index (κ1) is 22.4. The lowest BCUT2D eigenvalue weighted by Gasteiger charge is -2.30. The Morgan fingerprint density at radius 2 is 1.73 bits per heavy atom. The highest BCUT2D eigenvalue weighted by Crippen LogP contribution is 2.32. The molecule has 2 heterocycles. The number of nitrogens with one attached hydrogen (secondary N) is 1. The van der Waals surface area contributed by atoms with Crippen LogP contribution < -0.4 is 14.8 Å². The largest absolute Gasteiger partial charge is 0.486 e. The van der Waals surface area contributed by atoms with Crippen molar-refractivity contribution in [1.29, 1.82) is 0 Å². The van der Waals surface area contributed by atoms with Gasteiger partial charge in [0.25, 0.3) is 5.91 Å². The van der Waals surface area contributed by atoms with Crippen molar-refractivity contribution in [2.24, 2.45) is 5.92 Å². The van der Waals surface area contributed by atoms with E-state index in [0.717, 1.165) is 5.56 Å². The second kappa shape index (κ2) is 10.7. The van der Waals surface area contributed by atoms with Crippen LogP contribution in [0.2, 0.25) is 0 Å². The van der Waals surface area contributed by atoms with Crippen LogP contribution in [-0.4, -0.2) is 55.6 Å². The van der Waals surface area contributed by atoms with Crippen LogP contribution in [0.15, 0.2) is 54.6 Å². The number of hydrogen-bond acceptors (Lipinski definition) is 6. The molecule has 0 aliphatic carbocycles. The fourth-order valence-electron chi connectivity index (χ4n) is 3.75. The molecule has 0 unspecified atom stereocenters. The Hall–Kier alpha value is -3.81. The molecule has 2 aliphatic heterocycles. The number of carbonyl (C=O) groups is 3. The van der Waals surface area contributed by atoms with Crippen LogP contribution >= 0.6 is 0 Å². The van der Waals surface area contributed by atoms with E-state index >= 15 is 0 Å². The van der Waals surface area contributed by atoms with E-state index in [-0.39, 0.29) is 18.4 Å². The first-order valence-electron chi connectivity index (χ1n) is 11.0. The molecule has 0 radical (unpaired) electrons. The quantitative estimate of drug-likeness (QED) is 0.537. The molecule has 33 heavy (non-hydrogen) atoms. The molecule has 1 saturated heterocycles. The Bertz CT molecular complexity index is 1030. The van der Waals surface area contributed by atoms with Crippen LogP contribution in [0, 0.1) is 5.92 Å². The van der Waals surface area contributed by atoms with E-state index in [9.17, 15) is 14.4 Å². The monoisotopic (exact) mass is 450 g/mol. The topological polar surface area (TPSA) is 94.2 Å². The minimum Gasteiger partial charge on any atom is -0.486 e. The molecule has 1 fully saturated rings. The number of esters is 1. The Balaban J connectivity index is 1.19. The van der Waals surface area contributed by atoms with Gasteiger partial charge in [-0.1, -0.05) is 30.3 Å². The molecule has 172 valence electrons. The standard InChI is InChI=1S/C25H26N2O6/c28-23(26-20-7-8-21-22(16-20)32-15-14-31-21)17-33-25(30)19-10-12-27(13-11-19)24(29)9-6-18-4-2-1-3-5-18/h1-9,16,19H,10-15,17H2,(H,26,28)/b9-6+. The van der Waals surface area contributed by atoms with Gasteiger partial charge in [-0.2, -0.15) is 0 Å². The first-order valence-corrected chi connectivity index (χ1v) is 11.0. The van der Waals surface area contributed by atoms with Gasteiger partial charge in [0.05, 0.1) is 5.92 Å². The normalized spacial score (nSPS) is 15.8. The lowest BCUT2D eigenvalue weighted by molar-refractivity contribution is -0.153. The zero-order valence-corrected chi connectivity index (χ0v) is 18.2. The van der Waals surface area contributed by atoms with Gasteiger partial charge < -0.3 is 24.4 Å². The van der Waals surface area contributed by atoms with Crippen LogP contribution in [0.5, 0.6) is 11.5 Å². The number of benzene rings is 2. The van der Waals surface area contributed by atoms with Crippen molar-refractivity contribution in [3.05, 3.63) is 60.2 Å². The van der Waals surface area contributed by atoms with Crippen LogP contribution in [0.1, 0.15) is 18.4 Å². The molecule has 4 rings (SSSR count). The van der Waals surface area contributed by atoms with Gasteiger partial charge >= 0.3 is 5.97 Å². The van der Waals surface area contributed by atoms with Crippen LogP contribution in [0.3, 0.4) is 0 Å². The van der Waals surface area contributed by atoms with Crippen molar-refractivity contribution in [2.75, 3.05) is 38.2 Å².